The van der Waals surface area contributed by atoms with Gasteiger partial charge in [0.2, 0.25) is 5.91 Å². The highest BCUT2D eigenvalue weighted by Gasteiger charge is 2.25. The number of alkyl carbamates (subject to hydrolysis) is 1. The average Bonchev–Trinajstić information content (AvgIpc) is 2.70. The van der Waals surface area contributed by atoms with Gasteiger partial charge in [0.15, 0.2) is 0 Å². The molecule has 28 heavy (non-hydrogen) atoms. The predicted octanol–water partition coefficient (Wildman–Crippen LogP) is 1.46. The van der Waals surface area contributed by atoms with Crippen LogP contribution in [0.2, 0.25) is 0 Å². The van der Waals surface area contributed by atoms with Crippen molar-refractivity contribution in [3.63, 3.8) is 0 Å². The highest BCUT2D eigenvalue weighted by Crippen LogP contribution is 2.06. The highest BCUT2D eigenvalue weighted by atomic mass is 32.2. The summed E-state index contributed by atoms with van der Waals surface area (Å²) in [6, 6.07) is 7.82. The minimum atomic E-state index is -0.811. The maximum Gasteiger partial charge on any atom is 0.408 e. The minimum Gasteiger partial charge on any atom is -0.469 e. The van der Waals surface area contributed by atoms with Gasteiger partial charge in [0.05, 0.1) is 13.5 Å². The first-order valence-corrected chi connectivity index (χ1v) is 10.3. The summed E-state index contributed by atoms with van der Waals surface area (Å²) >= 11 is 1.54. The second kappa shape index (κ2) is 13.8. The van der Waals surface area contributed by atoms with Gasteiger partial charge in [-0.3, -0.25) is 9.59 Å². The quantitative estimate of drug-likeness (QED) is 0.445. The Morgan fingerprint density at radius 1 is 1.14 bits per heavy atom. The molecule has 0 aliphatic heterocycles. The van der Waals surface area contributed by atoms with Crippen LogP contribution in [0.4, 0.5) is 4.79 Å². The van der Waals surface area contributed by atoms with Gasteiger partial charge in [0.25, 0.3) is 0 Å². The third-order valence-electron chi connectivity index (χ3n) is 3.90. The van der Waals surface area contributed by atoms with Gasteiger partial charge in [-0.1, -0.05) is 30.3 Å². The Kier molecular flexibility index (Phi) is 11.8. The van der Waals surface area contributed by atoms with Crippen molar-refractivity contribution in [3.05, 3.63) is 35.9 Å². The molecule has 9 heteroatoms. The molecular formula is C19H28N2O6S. The van der Waals surface area contributed by atoms with Gasteiger partial charge in [-0.25, -0.2) is 4.79 Å². The fraction of sp³-hybridized carbons (Fsp3) is 0.526. The van der Waals surface area contributed by atoms with Crippen LogP contribution >= 0.6 is 11.8 Å². The Labute approximate surface area is 169 Å². The number of hydrogen-bond donors (Lipinski definition) is 3. The number of benzene rings is 1. The number of aliphatic hydroxyl groups excluding tert-OH is 1. The summed E-state index contributed by atoms with van der Waals surface area (Å²) in [4.78, 5) is 36.2. The molecule has 1 rings (SSSR count). The Balaban J connectivity index is 2.63. The summed E-state index contributed by atoms with van der Waals surface area (Å²) in [5, 5.41) is 14.4. The number of aliphatic hydroxyl groups is 1. The molecule has 0 radical (unpaired) electrons. The summed E-state index contributed by atoms with van der Waals surface area (Å²) in [6.45, 7) is -0.0943. The lowest BCUT2D eigenvalue weighted by Crippen LogP contribution is -2.50. The van der Waals surface area contributed by atoms with E-state index in [1.54, 1.807) is 11.8 Å². The zero-order valence-corrected chi connectivity index (χ0v) is 17.0. The molecule has 0 saturated heterocycles. The van der Waals surface area contributed by atoms with E-state index in [-0.39, 0.29) is 26.1 Å². The number of carbonyl (C=O) groups excluding carboxylic acids is 3. The second-order valence-corrected chi connectivity index (χ2v) is 7.02. The number of thioether (sulfide) groups is 1. The van der Waals surface area contributed by atoms with E-state index >= 15 is 0 Å². The molecule has 2 amide bonds. The average molecular weight is 413 g/mol. The van der Waals surface area contributed by atoms with Crippen LogP contribution in [0.3, 0.4) is 0 Å². The van der Waals surface area contributed by atoms with Crippen molar-refractivity contribution >= 4 is 29.7 Å². The summed E-state index contributed by atoms with van der Waals surface area (Å²) in [5.41, 5.74) is 0.837. The summed E-state index contributed by atoms with van der Waals surface area (Å²) in [6.07, 6.45) is 1.74. The summed E-state index contributed by atoms with van der Waals surface area (Å²) < 4.78 is 9.78. The van der Waals surface area contributed by atoms with Crippen LogP contribution in [0.5, 0.6) is 0 Å². The topological polar surface area (TPSA) is 114 Å². The van der Waals surface area contributed by atoms with Crippen molar-refractivity contribution in [2.75, 3.05) is 25.7 Å². The molecule has 2 atom stereocenters. The van der Waals surface area contributed by atoms with Gasteiger partial charge in [-0.15, -0.1) is 0 Å². The molecule has 0 spiro atoms. The normalized spacial score (nSPS) is 12.5. The number of nitrogens with one attached hydrogen (secondary N) is 2. The molecule has 0 saturated carbocycles. The highest BCUT2D eigenvalue weighted by molar-refractivity contribution is 7.98. The van der Waals surface area contributed by atoms with Gasteiger partial charge in [0, 0.05) is 12.6 Å². The van der Waals surface area contributed by atoms with Crippen LogP contribution in [-0.4, -0.2) is 60.9 Å². The van der Waals surface area contributed by atoms with Gasteiger partial charge in [-0.05, 0) is 30.4 Å². The third-order valence-corrected chi connectivity index (χ3v) is 4.54. The van der Waals surface area contributed by atoms with Crippen molar-refractivity contribution < 1.29 is 29.0 Å². The number of ether oxygens (including phenoxy) is 2. The first kappa shape index (κ1) is 23.8. The van der Waals surface area contributed by atoms with Gasteiger partial charge >= 0.3 is 12.1 Å². The van der Waals surface area contributed by atoms with Crippen molar-refractivity contribution in [1.82, 2.24) is 10.6 Å². The zero-order valence-electron chi connectivity index (χ0n) is 16.2. The third kappa shape index (κ3) is 9.61. The fourth-order valence-corrected chi connectivity index (χ4v) is 2.85. The van der Waals surface area contributed by atoms with E-state index in [0.717, 1.165) is 5.56 Å². The van der Waals surface area contributed by atoms with Gasteiger partial charge in [-0.2, -0.15) is 11.8 Å². The molecule has 1 unspecified atom stereocenters. The Morgan fingerprint density at radius 2 is 1.86 bits per heavy atom. The van der Waals surface area contributed by atoms with Crippen LogP contribution in [0.25, 0.3) is 0 Å². The lowest BCUT2D eigenvalue weighted by molar-refractivity contribution is -0.141. The molecule has 1 aromatic carbocycles. The lowest BCUT2D eigenvalue weighted by atomic mass is 10.1. The van der Waals surface area contributed by atoms with Crippen molar-refractivity contribution in [2.45, 2.75) is 38.0 Å². The largest absolute Gasteiger partial charge is 0.469 e. The van der Waals surface area contributed by atoms with Crippen LogP contribution < -0.4 is 10.6 Å². The van der Waals surface area contributed by atoms with Gasteiger partial charge in [0.1, 0.15) is 12.6 Å². The van der Waals surface area contributed by atoms with Crippen LogP contribution in [0, 0.1) is 0 Å². The first-order valence-electron chi connectivity index (χ1n) is 8.94. The minimum absolute atomic E-state index is 0.0590. The lowest BCUT2D eigenvalue weighted by Gasteiger charge is -2.22. The second-order valence-electron chi connectivity index (χ2n) is 6.04. The summed E-state index contributed by atoms with van der Waals surface area (Å²) in [7, 11) is 1.26. The van der Waals surface area contributed by atoms with Crippen LogP contribution in [0.15, 0.2) is 30.3 Å². The monoisotopic (exact) mass is 412 g/mol. The molecule has 0 aromatic heterocycles. The molecule has 156 valence electrons. The van der Waals surface area contributed by atoms with E-state index in [4.69, 9.17) is 9.84 Å². The van der Waals surface area contributed by atoms with E-state index in [2.05, 4.69) is 15.4 Å². The standard InChI is InChI=1S/C19H28N2O6S/c1-26-17(23)12-15(8-10-22)20-18(24)16(9-11-28-2)21-19(25)27-13-14-6-4-3-5-7-14/h3-7,15-16,22H,8-13H2,1-2H3,(H,20,24)(H,21,25)/t15?,16-/m1/s1. The van der Waals surface area contributed by atoms with Crippen molar-refractivity contribution in [3.8, 4) is 0 Å². The summed E-state index contributed by atoms with van der Waals surface area (Å²) in [5.74, 6) is -0.277. The Bertz CT molecular complexity index is 614. The number of methoxy groups -OCH3 is 1. The van der Waals surface area contributed by atoms with E-state index in [1.807, 2.05) is 36.6 Å². The molecule has 0 aliphatic carbocycles. The smallest absolute Gasteiger partial charge is 0.408 e. The van der Waals surface area contributed by atoms with E-state index in [9.17, 15) is 14.4 Å². The predicted molar refractivity (Wildman–Crippen MR) is 107 cm³/mol. The first-order chi connectivity index (χ1) is 13.5. The Morgan fingerprint density at radius 3 is 2.46 bits per heavy atom. The number of amides is 2. The molecule has 0 heterocycles. The number of hydrogen-bond acceptors (Lipinski definition) is 7. The van der Waals surface area contributed by atoms with E-state index in [1.165, 1.54) is 7.11 Å². The van der Waals surface area contributed by atoms with Crippen molar-refractivity contribution in [2.24, 2.45) is 0 Å². The molecule has 1 aromatic rings. The molecule has 0 aliphatic rings. The molecular weight excluding hydrogens is 384 g/mol. The molecule has 0 fully saturated rings. The van der Waals surface area contributed by atoms with E-state index in [0.29, 0.717) is 12.2 Å². The maximum absolute atomic E-state index is 12.6. The van der Waals surface area contributed by atoms with Crippen LogP contribution in [-0.2, 0) is 25.7 Å². The fourth-order valence-electron chi connectivity index (χ4n) is 2.38. The maximum atomic E-state index is 12.6. The SMILES string of the molecule is COC(=O)CC(CCO)NC(=O)[C@@H](CCSC)NC(=O)OCc1ccccc1. The number of carbonyl (C=O) groups is 3. The van der Waals surface area contributed by atoms with Gasteiger partial charge < -0.3 is 25.2 Å². The van der Waals surface area contributed by atoms with E-state index < -0.39 is 30.1 Å². The number of esters is 1. The molecule has 8 nitrogen and oxygen atoms in total. The Hall–Kier alpha value is -2.26. The zero-order chi connectivity index (χ0) is 20.8. The van der Waals surface area contributed by atoms with Crippen molar-refractivity contribution in [1.29, 1.82) is 0 Å². The number of rotatable bonds is 12. The van der Waals surface area contributed by atoms with Crippen LogP contribution in [0.1, 0.15) is 24.8 Å². The molecule has 3 N–H and O–H groups in total. The molecule has 0 bridgehead atoms.